The number of benzene rings is 1. The molecule has 15 heavy (non-hydrogen) atoms. The van der Waals surface area contributed by atoms with Crippen LogP contribution in [-0.4, -0.2) is 0 Å². The molecule has 0 saturated carbocycles. The van der Waals surface area contributed by atoms with Crippen LogP contribution >= 0.6 is 15.9 Å². The maximum Gasteiger partial charge on any atom is 0.149 e. The molecule has 1 aromatic carbocycles. The molecule has 2 rings (SSSR count). The number of hydrogen-bond donors (Lipinski definition) is 0. The molecule has 0 aliphatic carbocycles. The lowest BCUT2D eigenvalue weighted by Gasteiger charge is -1.90. The van der Waals surface area contributed by atoms with E-state index >= 15 is 0 Å². The summed E-state index contributed by atoms with van der Waals surface area (Å²) in [6.45, 7) is 5.70. The molecule has 1 heterocycles. The van der Waals surface area contributed by atoms with Gasteiger partial charge in [-0.05, 0) is 35.0 Å². The van der Waals surface area contributed by atoms with Crippen molar-refractivity contribution >= 4 is 33.0 Å². The Hall–Kier alpha value is -1.28. The summed E-state index contributed by atoms with van der Waals surface area (Å²) in [6, 6.07) is 6.05. The van der Waals surface area contributed by atoms with Crippen LogP contribution < -0.4 is 0 Å². The van der Waals surface area contributed by atoms with Crippen molar-refractivity contribution in [3.05, 3.63) is 52.7 Å². The molecule has 1 aromatic heterocycles. The second-order valence-electron chi connectivity index (χ2n) is 3.30. The van der Waals surface area contributed by atoms with Crippen molar-refractivity contribution in [3.63, 3.8) is 0 Å². The van der Waals surface area contributed by atoms with Crippen LogP contribution in [0.25, 0.3) is 17.0 Å². The van der Waals surface area contributed by atoms with Gasteiger partial charge in [-0.3, -0.25) is 0 Å². The standard InChI is InChI=1S/C13H11BrO/c1-3-4-8-12-9(2)10-6-5-7-11(14)13(10)15-12/h3-8H,1H2,2H3/b8-4-. The average molecular weight is 263 g/mol. The van der Waals surface area contributed by atoms with E-state index in [-0.39, 0.29) is 0 Å². The number of allylic oxidation sites excluding steroid dienone is 2. The predicted molar refractivity (Wildman–Crippen MR) is 67.9 cm³/mol. The summed E-state index contributed by atoms with van der Waals surface area (Å²) in [5, 5.41) is 1.15. The smallest absolute Gasteiger partial charge is 0.149 e. The third kappa shape index (κ3) is 1.77. The molecule has 76 valence electrons. The van der Waals surface area contributed by atoms with E-state index < -0.39 is 0 Å². The van der Waals surface area contributed by atoms with Crippen LogP contribution in [0.2, 0.25) is 0 Å². The lowest BCUT2D eigenvalue weighted by Crippen LogP contribution is -1.71. The number of rotatable bonds is 2. The lowest BCUT2D eigenvalue weighted by atomic mass is 10.1. The summed E-state index contributed by atoms with van der Waals surface area (Å²) in [5.41, 5.74) is 2.06. The molecule has 2 aromatic rings. The number of para-hydroxylation sites is 1. The Bertz CT molecular complexity index is 535. The van der Waals surface area contributed by atoms with Crippen LogP contribution in [0.5, 0.6) is 0 Å². The zero-order chi connectivity index (χ0) is 10.8. The molecule has 0 fully saturated rings. The van der Waals surface area contributed by atoms with Gasteiger partial charge in [-0.2, -0.15) is 0 Å². The molecule has 0 aliphatic heterocycles. The largest absolute Gasteiger partial charge is 0.455 e. The van der Waals surface area contributed by atoms with Crippen LogP contribution in [0.1, 0.15) is 11.3 Å². The Morgan fingerprint density at radius 2 is 2.20 bits per heavy atom. The van der Waals surface area contributed by atoms with Gasteiger partial charge in [0, 0.05) is 10.9 Å². The minimum atomic E-state index is 0.886. The fraction of sp³-hybridized carbons (Fsp3) is 0.0769. The summed E-state index contributed by atoms with van der Waals surface area (Å²) in [7, 11) is 0. The highest BCUT2D eigenvalue weighted by atomic mass is 79.9. The molecule has 0 N–H and O–H groups in total. The lowest BCUT2D eigenvalue weighted by molar-refractivity contribution is 0.599. The van der Waals surface area contributed by atoms with Gasteiger partial charge in [0.15, 0.2) is 0 Å². The first-order chi connectivity index (χ1) is 7.24. The van der Waals surface area contributed by atoms with Gasteiger partial charge in [0.1, 0.15) is 11.3 Å². The van der Waals surface area contributed by atoms with Crippen LogP contribution in [0.3, 0.4) is 0 Å². The van der Waals surface area contributed by atoms with Gasteiger partial charge in [-0.1, -0.05) is 30.9 Å². The minimum Gasteiger partial charge on any atom is -0.455 e. The summed E-state index contributed by atoms with van der Waals surface area (Å²) in [5.74, 6) is 0.886. The highest BCUT2D eigenvalue weighted by Gasteiger charge is 2.09. The van der Waals surface area contributed by atoms with Gasteiger partial charge in [0.05, 0.1) is 4.47 Å². The summed E-state index contributed by atoms with van der Waals surface area (Å²) >= 11 is 3.47. The Labute approximate surface area is 97.2 Å². The first-order valence-corrected chi connectivity index (χ1v) is 5.50. The Morgan fingerprint density at radius 3 is 2.87 bits per heavy atom. The van der Waals surface area contributed by atoms with Crippen molar-refractivity contribution in [2.24, 2.45) is 0 Å². The molecule has 0 radical (unpaired) electrons. The molecular formula is C13H11BrO. The zero-order valence-corrected chi connectivity index (χ0v) is 10.0. The molecule has 0 unspecified atom stereocenters. The fourth-order valence-corrected chi connectivity index (χ4v) is 1.99. The molecule has 0 amide bonds. The van der Waals surface area contributed by atoms with Crippen molar-refractivity contribution in [2.75, 3.05) is 0 Å². The van der Waals surface area contributed by atoms with E-state index in [2.05, 4.69) is 35.5 Å². The van der Waals surface area contributed by atoms with Gasteiger partial charge < -0.3 is 4.42 Å². The van der Waals surface area contributed by atoms with Crippen LogP contribution in [0, 0.1) is 6.92 Å². The van der Waals surface area contributed by atoms with E-state index in [9.17, 15) is 0 Å². The van der Waals surface area contributed by atoms with Gasteiger partial charge in [-0.25, -0.2) is 0 Å². The van der Waals surface area contributed by atoms with Gasteiger partial charge in [-0.15, -0.1) is 0 Å². The van der Waals surface area contributed by atoms with E-state index in [1.165, 1.54) is 0 Å². The zero-order valence-electron chi connectivity index (χ0n) is 8.46. The maximum atomic E-state index is 5.75. The van der Waals surface area contributed by atoms with Crippen molar-refractivity contribution in [1.82, 2.24) is 0 Å². The van der Waals surface area contributed by atoms with Crippen molar-refractivity contribution < 1.29 is 4.42 Å². The quantitative estimate of drug-likeness (QED) is 0.715. The van der Waals surface area contributed by atoms with E-state index in [4.69, 9.17) is 4.42 Å². The summed E-state index contributed by atoms with van der Waals surface area (Å²) in [4.78, 5) is 0. The van der Waals surface area contributed by atoms with Gasteiger partial charge in [0.2, 0.25) is 0 Å². The van der Waals surface area contributed by atoms with Crippen molar-refractivity contribution in [1.29, 1.82) is 0 Å². The summed E-state index contributed by atoms with van der Waals surface area (Å²) < 4.78 is 6.74. The van der Waals surface area contributed by atoms with Crippen molar-refractivity contribution in [2.45, 2.75) is 6.92 Å². The molecule has 0 saturated heterocycles. The second kappa shape index (κ2) is 4.07. The predicted octanol–water partition coefficient (Wildman–Crippen LogP) is 4.70. The summed E-state index contributed by atoms with van der Waals surface area (Å²) in [6.07, 6.45) is 5.54. The Morgan fingerprint density at radius 1 is 1.40 bits per heavy atom. The monoisotopic (exact) mass is 262 g/mol. The maximum absolute atomic E-state index is 5.75. The number of hydrogen-bond acceptors (Lipinski definition) is 1. The normalized spacial score (nSPS) is 11.3. The molecule has 0 atom stereocenters. The van der Waals surface area contributed by atoms with Gasteiger partial charge in [0.25, 0.3) is 0 Å². The topological polar surface area (TPSA) is 13.1 Å². The number of fused-ring (bicyclic) bond motifs is 1. The molecule has 1 nitrogen and oxygen atoms in total. The Kier molecular flexibility index (Phi) is 2.78. The van der Waals surface area contributed by atoms with Crippen LogP contribution in [0.15, 0.2) is 45.8 Å². The highest BCUT2D eigenvalue weighted by Crippen LogP contribution is 2.31. The van der Waals surface area contributed by atoms with E-state index in [1.54, 1.807) is 6.08 Å². The third-order valence-electron chi connectivity index (χ3n) is 2.34. The Balaban J connectivity index is 2.69. The molecule has 0 spiro atoms. The van der Waals surface area contributed by atoms with Crippen LogP contribution in [-0.2, 0) is 0 Å². The van der Waals surface area contributed by atoms with E-state index in [0.29, 0.717) is 0 Å². The minimum absolute atomic E-state index is 0.886. The second-order valence-corrected chi connectivity index (χ2v) is 4.16. The van der Waals surface area contributed by atoms with Gasteiger partial charge >= 0.3 is 0 Å². The molecule has 0 aliphatic rings. The molecule has 0 bridgehead atoms. The molecular weight excluding hydrogens is 252 g/mol. The first-order valence-electron chi connectivity index (χ1n) is 4.70. The highest BCUT2D eigenvalue weighted by molar-refractivity contribution is 9.10. The fourth-order valence-electron chi connectivity index (χ4n) is 1.54. The van der Waals surface area contributed by atoms with E-state index in [1.807, 2.05) is 24.3 Å². The number of halogens is 1. The number of furan rings is 1. The first kappa shape index (κ1) is 10.2. The average Bonchev–Trinajstić information content (AvgIpc) is 2.55. The third-order valence-corrected chi connectivity index (χ3v) is 2.96. The van der Waals surface area contributed by atoms with E-state index in [0.717, 1.165) is 26.8 Å². The number of aryl methyl sites for hydroxylation is 1. The molecule has 2 heteroatoms. The SMILES string of the molecule is C=C/C=C\c1oc2c(Br)cccc2c1C. The van der Waals surface area contributed by atoms with Crippen LogP contribution in [0.4, 0.5) is 0 Å². The van der Waals surface area contributed by atoms with Crippen molar-refractivity contribution in [3.8, 4) is 0 Å².